The number of nitrogens with two attached hydrogens (primary N) is 1. The maximum absolute atomic E-state index is 12.3. The maximum Gasteiger partial charge on any atom is 0.411 e. The molecule has 0 aromatic carbocycles. The highest BCUT2D eigenvalue weighted by Gasteiger charge is 2.44. The maximum atomic E-state index is 12.3. The number of carbonyl (C=O) groups is 1. The molecular weight excluding hydrogens is 244 g/mol. The zero-order valence-electron chi connectivity index (χ0n) is 12.0. The standard InChI is InChI=1S/C13H22N4O2/c1-12(2,3)19-11(18)17-7-5-6-13(17,4)9-8-10(14)16-15-9/h8H,5-7H2,1-4H3,(H3,14,15,16). The Morgan fingerprint density at radius 3 is 2.79 bits per heavy atom. The van der Waals surface area contributed by atoms with Crippen LogP contribution in [-0.2, 0) is 10.3 Å². The Balaban J connectivity index is 2.23. The lowest BCUT2D eigenvalue weighted by molar-refractivity contribution is 0.00927. The third-order valence-electron chi connectivity index (χ3n) is 3.43. The molecule has 0 aliphatic carbocycles. The number of carbonyl (C=O) groups excluding carboxylic acids is 1. The normalized spacial score (nSPS) is 23.7. The minimum absolute atomic E-state index is 0.291. The Labute approximate surface area is 113 Å². The van der Waals surface area contributed by atoms with Crippen LogP contribution in [0.25, 0.3) is 0 Å². The van der Waals surface area contributed by atoms with Crippen molar-refractivity contribution in [2.24, 2.45) is 0 Å². The first-order valence-corrected chi connectivity index (χ1v) is 6.54. The zero-order valence-corrected chi connectivity index (χ0v) is 12.0. The summed E-state index contributed by atoms with van der Waals surface area (Å²) in [5.41, 5.74) is 5.59. The van der Waals surface area contributed by atoms with E-state index in [0.29, 0.717) is 12.4 Å². The van der Waals surface area contributed by atoms with E-state index in [-0.39, 0.29) is 6.09 Å². The van der Waals surface area contributed by atoms with Crippen molar-refractivity contribution in [2.75, 3.05) is 12.3 Å². The molecule has 1 unspecified atom stereocenters. The number of amides is 1. The molecule has 6 nitrogen and oxygen atoms in total. The topological polar surface area (TPSA) is 84.2 Å². The van der Waals surface area contributed by atoms with E-state index in [4.69, 9.17) is 10.5 Å². The van der Waals surface area contributed by atoms with Gasteiger partial charge in [0.15, 0.2) is 0 Å². The van der Waals surface area contributed by atoms with Gasteiger partial charge in [-0.2, -0.15) is 5.10 Å². The number of ether oxygens (including phenoxy) is 1. The van der Waals surface area contributed by atoms with Crippen LogP contribution in [0.3, 0.4) is 0 Å². The van der Waals surface area contributed by atoms with Crippen molar-refractivity contribution in [1.29, 1.82) is 0 Å². The van der Waals surface area contributed by atoms with Crippen LogP contribution in [0.15, 0.2) is 6.07 Å². The average molecular weight is 266 g/mol. The van der Waals surface area contributed by atoms with Crippen molar-refractivity contribution >= 4 is 11.9 Å². The first-order valence-electron chi connectivity index (χ1n) is 6.54. The van der Waals surface area contributed by atoms with Crippen molar-refractivity contribution in [1.82, 2.24) is 15.1 Å². The number of nitrogens with zero attached hydrogens (tertiary/aromatic N) is 2. The van der Waals surface area contributed by atoms with Crippen LogP contribution in [0, 0.1) is 0 Å². The highest BCUT2D eigenvalue weighted by molar-refractivity contribution is 5.70. The molecular formula is C13H22N4O2. The molecule has 1 atom stereocenters. The summed E-state index contributed by atoms with van der Waals surface area (Å²) in [5.74, 6) is 0.437. The molecule has 6 heteroatoms. The molecule has 19 heavy (non-hydrogen) atoms. The predicted octanol–water partition coefficient (Wildman–Crippen LogP) is 2.24. The number of likely N-dealkylation sites (tertiary alicyclic amines) is 1. The molecule has 1 aromatic rings. The molecule has 2 rings (SSSR count). The number of rotatable bonds is 1. The summed E-state index contributed by atoms with van der Waals surface area (Å²) >= 11 is 0. The van der Waals surface area contributed by atoms with Gasteiger partial charge in [0, 0.05) is 12.6 Å². The molecule has 0 spiro atoms. The number of aromatic nitrogens is 2. The fraction of sp³-hybridized carbons (Fsp3) is 0.692. The van der Waals surface area contributed by atoms with Gasteiger partial charge in [-0.05, 0) is 40.5 Å². The average Bonchev–Trinajstić information content (AvgIpc) is 2.83. The van der Waals surface area contributed by atoms with Crippen LogP contribution in [0.2, 0.25) is 0 Å². The van der Waals surface area contributed by atoms with E-state index in [1.807, 2.05) is 27.7 Å². The van der Waals surface area contributed by atoms with Gasteiger partial charge in [-0.15, -0.1) is 0 Å². The fourth-order valence-corrected chi connectivity index (χ4v) is 2.47. The molecule has 2 heterocycles. The van der Waals surface area contributed by atoms with Crippen LogP contribution in [0.4, 0.5) is 10.6 Å². The van der Waals surface area contributed by atoms with Gasteiger partial charge in [0.2, 0.25) is 0 Å². The molecule has 1 saturated heterocycles. The minimum Gasteiger partial charge on any atom is -0.444 e. The van der Waals surface area contributed by atoms with E-state index >= 15 is 0 Å². The number of H-pyrrole nitrogens is 1. The van der Waals surface area contributed by atoms with Gasteiger partial charge in [-0.1, -0.05) is 0 Å². The lowest BCUT2D eigenvalue weighted by Gasteiger charge is -2.35. The fourth-order valence-electron chi connectivity index (χ4n) is 2.47. The summed E-state index contributed by atoms with van der Waals surface area (Å²) in [6, 6.07) is 1.78. The third-order valence-corrected chi connectivity index (χ3v) is 3.43. The number of nitrogen functional groups attached to an aromatic ring is 1. The Bertz CT molecular complexity index is 477. The van der Waals surface area contributed by atoms with Gasteiger partial charge < -0.3 is 10.5 Å². The Hall–Kier alpha value is -1.72. The number of hydrogen-bond acceptors (Lipinski definition) is 4. The second-order valence-electron chi connectivity index (χ2n) is 6.22. The molecule has 3 N–H and O–H groups in total. The molecule has 1 aromatic heterocycles. The smallest absolute Gasteiger partial charge is 0.411 e. The minimum atomic E-state index is -0.492. The van der Waals surface area contributed by atoms with Crippen molar-refractivity contribution in [3.63, 3.8) is 0 Å². The summed E-state index contributed by atoms with van der Waals surface area (Å²) in [4.78, 5) is 14.1. The number of aromatic amines is 1. The van der Waals surface area contributed by atoms with Crippen molar-refractivity contribution < 1.29 is 9.53 Å². The van der Waals surface area contributed by atoms with Crippen LogP contribution in [-0.4, -0.2) is 33.3 Å². The van der Waals surface area contributed by atoms with Crippen LogP contribution in [0.5, 0.6) is 0 Å². The van der Waals surface area contributed by atoms with E-state index in [2.05, 4.69) is 10.2 Å². The monoisotopic (exact) mass is 266 g/mol. The summed E-state index contributed by atoms with van der Waals surface area (Å²) in [6.07, 6.45) is 1.52. The van der Waals surface area contributed by atoms with Gasteiger partial charge in [-0.3, -0.25) is 10.00 Å². The van der Waals surface area contributed by atoms with Gasteiger partial charge in [0.05, 0.1) is 11.2 Å². The van der Waals surface area contributed by atoms with E-state index in [1.165, 1.54) is 0 Å². The van der Waals surface area contributed by atoms with Crippen molar-refractivity contribution in [3.05, 3.63) is 11.8 Å². The molecule has 1 aliphatic rings. The number of anilines is 1. The second-order valence-corrected chi connectivity index (χ2v) is 6.22. The molecule has 1 amide bonds. The molecule has 1 aliphatic heterocycles. The molecule has 106 valence electrons. The largest absolute Gasteiger partial charge is 0.444 e. The summed E-state index contributed by atoms with van der Waals surface area (Å²) in [5, 5.41) is 6.86. The van der Waals surface area contributed by atoms with E-state index in [9.17, 15) is 4.79 Å². The van der Waals surface area contributed by atoms with Gasteiger partial charge in [0.1, 0.15) is 11.4 Å². The summed E-state index contributed by atoms with van der Waals surface area (Å²) in [6.45, 7) is 8.30. The SMILES string of the molecule is CC(C)(C)OC(=O)N1CCCC1(C)c1cc(N)n[nH]1. The quantitative estimate of drug-likeness (QED) is 0.816. The van der Waals surface area contributed by atoms with Gasteiger partial charge in [-0.25, -0.2) is 4.79 Å². The van der Waals surface area contributed by atoms with E-state index in [1.54, 1.807) is 11.0 Å². The van der Waals surface area contributed by atoms with Crippen LogP contribution < -0.4 is 5.73 Å². The first-order chi connectivity index (χ1) is 8.72. The number of hydrogen-bond donors (Lipinski definition) is 2. The number of nitrogens with one attached hydrogen (secondary N) is 1. The Morgan fingerprint density at radius 2 is 2.26 bits per heavy atom. The van der Waals surface area contributed by atoms with Gasteiger partial charge >= 0.3 is 6.09 Å². The lowest BCUT2D eigenvalue weighted by atomic mass is 9.95. The zero-order chi connectivity index (χ0) is 14.3. The van der Waals surface area contributed by atoms with Crippen molar-refractivity contribution in [2.45, 2.75) is 51.7 Å². The molecule has 0 bridgehead atoms. The highest BCUT2D eigenvalue weighted by atomic mass is 16.6. The first kappa shape index (κ1) is 13.7. The van der Waals surface area contributed by atoms with Crippen LogP contribution >= 0.6 is 0 Å². The Morgan fingerprint density at radius 1 is 1.58 bits per heavy atom. The molecule has 0 radical (unpaired) electrons. The van der Waals surface area contributed by atoms with E-state index < -0.39 is 11.1 Å². The van der Waals surface area contributed by atoms with Crippen molar-refractivity contribution in [3.8, 4) is 0 Å². The van der Waals surface area contributed by atoms with Crippen LogP contribution in [0.1, 0.15) is 46.2 Å². The Kier molecular flexibility index (Phi) is 3.20. The molecule has 0 saturated carbocycles. The van der Waals surface area contributed by atoms with Gasteiger partial charge in [0.25, 0.3) is 0 Å². The third kappa shape index (κ3) is 2.67. The second kappa shape index (κ2) is 4.43. The lowest BCUT2D eigenvalue weighted by Crippen LogP contribution is -2.45. The summed E-state index contributed by atoms with van der Waals surface area (Å²) in [7, 11) is 0. The predicted molar refractivity (Wildman–Crippen MR) is 72.5 cm³/mol. The summed E-state index contributed by atoms with van der Waals surface area (Å²) < 4.78 is 5.47. The molecule has 1 fully saturated rings. The highest BCUT2D eigenvalue weighted by Crippen LogP contribution is 2.38. The van der Waals surface area contributed by atoms with E-state index in [0.717, 1.165) is 18.5 Å².